The van der Waals surface area contributed by atoms with Crippen LogP contribution in [0.4, 0.5) is 0 Å². The summed E-state index contributed by atoms with van der Waals surface area (Å²) in [6, 6.07) is 10.9. The summed E-state index contributed by atoms with van der Waals surface area (Å²) < 4.78 is 0. The third kappa shape index (κ3) is 3.30. The summed E-state index contributed by atoms with van der Waals surface area (Å²) in [5.74, 6) is 0.221. The van der Waals surface area contributed by atoms with Gasteiger partial charge in [-0.05, 0) is 29.1 Å². The van der Waals surface area contributed by atoms with Gasteiger partial charge in [0.25, 0.3) is 0 Å². The number of aliphatic hydroxyl groups is 1. The van der Waals surface area contributed by atoms with Gasteiger partial charge in [-0.3, -0.25) is 0 Å². The van der Waals surface area contributed by atoms with Crippen LogP contribution in [0, 0.1) is 0 Å². The van der Waals surface area contributed by atoms with E-state index < -0.39 is 0 Å². The van der Waals surface area contributed by atoms with E-state index in [4.69, 9.17) is 0 Å². The molecule has 0 radical (unpaired) electrons. The highest BCUT2D eigenvalue weighted by Crippen LogP contribution is 2.19. The van der Waals surface area contributed by atoms with Crippen molar-refractivity contribution < 1.29 is 10.2 Å². The Morgan fingerprint density at radius 2 is 2.12 bits per heavy atom. The second-order valence-electron chi connectivity index (χ2n) is 3.79. The molecule has 2 aromatic rings. The molecule has 3 N–H and O–H groups in total. The van der Waals surface area contributed by atoms with Crippen molar-refractivity contribution in [3.05, 3.63) is 52.2 Å². The normalized spacial score (nSPS) is 12.5. The highest BCUT2D eigenvalue weighted by atomic mass is 32.1. The fraction of sp³-hybridized carbons (Fsp3) is 0.231. The van der Waals surface area contributed by atoms with Crippen LogP contribution in [-0.2, 0) is 6.54 Å². The van der Waals surface area contributed by atoms with Crippen LogP contribution in [0.1, 0.15) is 16.5 Å². The Morgan fingerprint density at radius 3 is 2.76 bits per heavy atom. The van der Waals surface area contributed by atoms with Crippen molar-refractivity contribution in [3.8, 4) is 5.75 Å². The molecule has 0 fully saturated rings. The van der Waals surface area contributed by atoms with Gasteiger partial charge >= 0.3 is 0 Å². The molecule has 4 heteroatoms. The zero-order chi connectivity index (χ0) is 12.1. The Balaban J connectivity index is 2.01. The fourth-order valence-corrected chi connectivity index (χ4v) is 2.32. The number of thiophene rings is 1. The van der Waals surface area contributed by atoms with E-state index >= 15 is 0 Å². The molecule has 0 aliphatic rings. The monoisotopic (exact) mass is 249 g/mol. The van der Waals surface area contributed by atoms with Crippen molar-refractivity contribution in [2.75, 3.05) is 6.61 Å². The van der Waals surface area contributed by atoms with Crippen molar-refractivity contribution in [2.24, 2.45) is 0 Å². The number of hydrogen-bond acceptors (Lipinski definition) is 4. The van der Waals surface area contributed by atoms with Crippen molar-refractivity contribution in [1.82, 2.24) is 5.32 Å². The lowest BCUT2D eigenvalue weighted by molar-refractivity contribution is 0.243. The molecule has 3 nitrogen and oxygen atoms in total. The molecule has 1 aromatic carbocycles. The van der Waals surface area contributed by atoms with Gasteiger partial charge in [0.05, 0.1) is 12.6 Å². The molecule has 1 atom stereocenters. The van der Waals surface area contributed by atoms with E-state index in [0.717, 1.165) is 12.1 Å². The third-order valence-electron chi connectivity index (χ3n) is 2.56. The number of phenols is 1. The number of nitrogens with one attached hydrogen (secondary N) is 1. The van der Waals surface area contributed by atoms with Gasteiger partial charge < -0.3 is 15.5 Å². The third-order valence-corrected chi connectivity index (χ3v) is 3.43. The molecule has 90 valence electrons. The first-order valence-electron chi connectivity index (χ1n) is 5.45. The molecule has 0 amide bonds. The first kappa shape index (κ1) is 12.1. The first-order valence-corrected chi connectivity index (χ1v) is 6.33. The molecule has 0 aliphatic carbocycles. The topological polar surface area (TPSA) is 52.5 Å². The van der Waals surface area contributed by atoms with Crippen molar-refractivity contribution in [2.45, 2.75) is 12.6 Å². The second-order valence-corrected chi connectivity index (χ2v) is 4.82. The summed E-state index contributed by atoms with van der Waals surface area (Å²) in [7, 11) is 0. The molecule has 0 saturated heterocycles. The number of aliphatic hydroxyl groups excluding tert-OH is 1. The van der Waals surface area contributed by atoms with Crippen molar-refractivity contribution >= 4 is 11.3 Å². The Labute approximate surface area is 104 Å². The van der Waals surface area contributed by atoms with Gasteiger partial charge in [0.2, 0.25) is 0 Å². The van der Waals surface area contributed by atoms with Crippen molar-refractivity contribution in [1.29, 1.82) is 0 Å². The van der Waals surface area contributed by atoms with E-state index in [9.17, 15) is 10.2 Å². The molecular formula is C13H15NO2S. The van der Waals surface area contributed by atoms with Crippen LogP contribution in [0.15, 0.2) is 41.8 Å². The molecule has 1 aromatic heterocycles. The summed E-state index contributed by atoms with van der Waals surface area (Å²) in [5, 5.41) is 24.1. The lowest BCUT2D eigenvalue weighted by Crippen LogP contribution is -2.23. The summed E-state index contributed by atoms with van der Waals surface area (Å²) in [6.45, 7) is 0.730. The molecule has 2 rings (SSSR count). The Kier molecular flexibility index (Phi) is 4.14. The minimum absolute atomic E-state index is 0.00876. The molecule has 0 saturated carbocycles. The molecule has 0 spiro atoms. The number of hydrogen-bond donors (Lipinski definition) is 3. The van der Waals surface area contributed by atoms with Crippen LogP contribution in [-0.4, -0.2) is 16.8 Å². The summed E-state index contributed by atoms with van der Waals surface area (Å²) >= 11 is 1.68. The summed E-state index contributed by atoms with van der Waals surface area (Å²) in [6.07, 6.45) is 0. The van der Waals surface area contributed by atoms with E-state index in [1.54, 1.807) is 29.5 Å². The quantitative estimate of drug-likeness (QED) is 0.762. The largest absolute Gasteiger partial charge is 0.508 e. The van der Waals surface area contributed by atoms with Crippen LogP contribution in [0.25, 0.3) is 0 Å². The first-order chi connectivity index (χ1) is 8.29. The zero-order valence-corrected chi connectivity index (χ0v) is 10.2. The van der Waals surface area contributed by atoms with Crippen molar-refractivity contribution in [3.63, 3.8) is 0 Å². The van der Waals surface area contributed by atoms with Crippen LogP contribution in [0.2, 0.25) is 0 Å². The maximum atomic E-state index is 9.40. The lowest BCUT2D eigenvalue weighted by atomic mass is 10.1. The van der Waals surface area contributed by atoms with Gasteiger partial charge in [0.15, 0.2) is 0 Å². The standard InChI is InChI=1S/C13H15NO2S/c15-9-13(10-3-1-4-11(16)7-10)14-8-12-5-2-6-17-12/h1-7,13-16H,8-9H2. The van der Waals surface area contributed by atoms with Gasteiger partial charge in [-0.15, -0.1) is 11.3 Å². The number of aromatic hydroxyl groups is 1. The SMILES string of the molecule is OCC(NCc1cccs1)c1cccc(O)c1. The van der Waals surface area contributed by atoms with Gasteiger partial charge in [-0.2, -0.15) is 0 Å². The number of rotatable bonds is 5. The molecule has 17 heavy (non-hydrogen) atoms. The molecule has 0 bridgehead atoms. The highest BCUT2D eigenvalue weighted by molar-refractivity contribution is 7.09. The predicted octanol–water partition coefficient (Wildman–Crippen LogP) is 2.28. The van der Waals surface area contributed by atoms with Crippen LogP contribution >= 0.6 is 11.3 Å². The maximum absolute atomic E-state index is 9.40. The Bertz CT molecular complexity index is 456. The van der Waals surface area contributed by atoms with E-state index in [1.807, 2.05) is 17.5 Å². The maximum Gasteiger partial charge on any atom is 0.115 e. The summed E-state index contributed by atoms with van der Waals surface area (Å²) in [5.41, 5.74) is 0.893. The molecule has 1 heterocycles. The molecule has 1 unspecified atom stereocenters. The number of benzene rings is 1. The average Bonchev–Trinajstić information content (AvgIpc) is 2.83. The highest BCUT2D eigenvalue weighted by Gasteiger charge is 2.10. The van der Waals surface area contributed by atoms with E-state index in [-0.39, 0.29) is 18.4 Å². The smallest absolute Gasteiger partial charge is 0.115 e. The van der Waals surface area contributed by atoms with E-state index in [0.29, 0.717) is 0 Å². The van der Waals surface area contributed by atoms with Gasteiger partial charge in [-0.25, -0.2) is 0 Å². The molecule has 0 aliphatic heterocycles. The average molecular weight is 249 g/mol. The van der Waals surface area contributed by atoms with E-state index in [1.165, 1.54) is 4.88 Å². The van der Waals surface area contributed by atoms with Crippen LogP contribution in [0.5, 0.6) is 5.75 Å². The van der Waals surface area contributed by atoms with Gasteiger partial charge in [-0.1, -0.05) is 18.2 Å². The Hall–Kier alpha value is -1.36. The minimum atomic E-state index is -0.149. The Morgan fingerprint density at radius 1 is 1.24 bits per heavy atom. The van der Waals surface area contributed by atoms with E-state index in [2.05, 4.69) is 11.4 Å². The van der Waals surface area contributed by atoms with Gasteiger partial charge in [0.1, 0.15) is 5.75 Å². The zero-order valence-electron chi connectivity index (χ0n) is 9.34. The minimum Gasteiger partial charge on any atom is -0.508 e. The summed E-state index contributed by atoms with van der Waals surface area (Å²) in [4.78, 5) is 1.23. The molecular weight excluding hydrogens is 234 g/mol. The lowest BCUT2D eigenvalue weighted by Gasteiger charge is -2.16. The van der Waals surface area contributed by atoms with Crippen LogP contribution < -0.4 is 5.32 Å². The predicted molar refractivity (Wildman–Crippen MR) is 69.1 cm³/mol. The second kappa shape index (κ2) is 5.82. The van der Waals surface area contributed by atoms with Crippen LogP contribution in [0.3, 0.4) is 0 Å². The fourth-order valence-electron chi connectivity index (χ4n) is 1.67. The number of phenolic OH excluding ortho intramolecular Hbond substituents is 1. The van der Waals surface area contributed by atoms with Gasteiger partial charge in [0, 0.05) is 11.4 Å².